The molecule has 360 valence electrons. The number of hydrogen-bond donors (Lipinski definition) is 13. The first-order chi connectivity index (χ1) is 29.6. The van der Waals surface area contributed by atoms with Crippen LogP contribution in [-0.2, 0) is 47.9 Å². The van der Waals surface area contributed by atoms with Crippen LogP contribution >= 0.6 is 0 Å². The molecule has 23 nitrogen and oxygen atoms in total. The van der Waals surface area contributed by atoms with Crippen LogP contribution in [0, 0.1) is 0 Å². The van der Waals surface area contributed by atoms with Gasteiger partial charge in [-0.2, -0.15) is 0 Å². The Morgan fingerprint density at radius 3 is 1.49 bits per heavy atom. The molecule has 23 heteroatoms. The van der Waals surface area contributed by atoms with E-state index in [1.54, 1.807) is 0 Å². The number of carbonyl (C=O) groups excluding carboxylic acids is 8. The maximum atomic E-state index is 13.6. The Labute approximate surface area is 366 Å². The first-order valence-electron chi connectivity index (χ1n) is 21.4. The minimum absolute atomic E-state index is 0.00216. The van der Waals surface area contributed by atoms with E-state index in [4.69, 9.17) is 4.74 Å². The molecule has 0 aromatic heterocycles. The van der Waals surface area contributed by atoms with Crippen molar-refractivity contribution in [1.82, 2.24) is 37.2 Å². The lowest BCUT2D eigenvalue weighted by Gasteiger charge is -2.34. The molecule has 10 unspecified atom stereocenters. The van der Waals surface area contributed by atoms with Crippen molar-refractivity contribution in [3.05, 3.63) is 0 Å². The third-order valence-corrected chi connectivity index (χ3v) is 10.4. The summed E-state index contributed by atoms with van der Waals surface area (Å²) in [6.07, 6.45) is 4.45. The lowest BCUT2D eigenvalue weighted by Crippen LogP contribution is -2.61. The van der Waals surface area contributed by atoms with Gasteiger partial charge in [-0.15, -0.1) is 0 Å². The summed E-state index contributed by atoms with van der Waals surface area (Å²) >= 11 is 0. The van der Waals surface area contributed by atoms with Crippen LogP contribution in [0.4, 0.5) is 0 Å². The highest BCUT2D eigenvalue weighted by molar-refractivity contribution is 5.98. The monoisotopic (exact) mass is 903 g/mol. The number of aliphatic carboxylic acids is 1. The number of carboxylic acid groups (broad SMARTS) is 1. The van der Waals surface area contributed by atoms with Crippen molar-refractivity contribution in [3.8, 4) is 0 Å². The molecule has 0 aromatic rings. The summed E-state index contributed by atoms with van der Waals surface area (Å²) in [5.41, 5.74) is -1.94. The molecule has 1 saturated heterocycles. The molecule has 0 saturated carbocycles. The van der Waals surface area contributed by atoms with Gasteiger partial charge in [-0.05, 0) is 34.1 Å². The zero-order valence-electron chi connectivity index (χ0n) is 36.8. The van der Waals surface area contributed by atoms with Gasteiger partial charge in [0.1, 0.15) is 42.4 Å². The maximum absolute atomic E-state index is 13.6. The van der Waals surface area contributed by atoms with Gasteiger partial charge in [0, 0.05) is 0 Å². The summed E-state index contributed by atoms with van der Waals surface area (Å²) in [6, 6.07) is -12.2. The number of rotatable bonds is 18. The molecule has 0 aliphatic carbocycles. The summed E-state index contributed by atoms with van der Waals surface area (Å²) in [7, 11) is 0. The Morgan fingerprint density at radius 2 is 1.03 bits per heavy atom. The van der Waals surface area contributed by atoms with Gasteiger partial charge in [0.05, 0.1) is 44.4 Å². The fraction of sp³-hybridized carbons (Fsp3) is 0.775. The van der Waals surface area contributed by atoms with E-state index in [1.807, 2.05) is 0 Å². The van der Waals surface area contributed by atoms with Crippen LogP contribution < -0.4 is 37.2 Å². The summed E-state index contributed by atoms with van der Waals surface area (Å²) in [4.78, 5) is 117. The second-order valence-electron chi connectivity index (χ2n) is 16.1. The zero-order chi connectivity index (χ0) is 47.9. The van der Waals surface area contributed by atoms with E-state index >= 15 is 0 Å². The van der Waals surface area contributed by atoms with Crippen LogP contribution in [0.5, 0.6) is 0 Å². The predicted octanol–water partition coefficient (Wildman–Crippen LogP) is -3.37. The number of unbranched alkanes of at least 4 members (excludes halogenated alkanes) is 9. The average Bonchev–Trinajstić information content (AvgIpc) is 3.21. The molecule has 13 N–H and O–H groups in total. The van der Waals surface area contributed by atoms with E-state index in [2.05, 4.69) is 44.1 Å². The van der Waals surface area contributed by atoms with Crippen molar-refractivity contribution in [2.45, 2.75) is 178 Å². The normalized spacial score (nSPS) is 27.0. The number of ether oxygens (including phenoxy) is 1. The third-order valence-electron chi connectivity index (χ3n) is 10.4. The molecule has 10 atom stereocenters. The summed E-state index contributed by atoms with van der Waals surface area (Å²) in [5, 5.41) is 76.6. The first-order valence-corrected chi connectivity index (χ1v) is 21.4. The highest BCUT2D eigenvalue weighted by Gasteiger charge is 2.41. The molecule has 0 bridgehead atoms. The Kier molecular flexibility index (Phi) is 25.5. The number of hydrogen-bond acceptors (Lipinski definition) is 15. The molecule has 1 aliphatic heterocycles. The van der Waals surface area contributed by atoms with Gasteiger partial charge in [-0.1, -0.05) is 71.1 Å². The Morgan fingerprint density at radius 1 is 0.635 bits per heavy atom. The van der Waals surface area contributed by atoms with Gasteiger partial charge in [-0.3, -0.25) is 38.4 Å². The SMILES string of the molecule is CCCCCCCCCCCCC(C)(O)C1CC(=O)NC(CO)C(=O)NC(C)C(=O)NC(CC(=O)O)C(=O)NC(C)C(=O)NC(CO)C(=O)NC(CO)C(=O)NC(C(C)O)C(=O)O1. The molecule has 1 heterocycles. The second-order valence-corrected chi connectivity index (χ2v) is 16.1. The van der Waals surface area contributed by atoms with Gasteiger partial charge in [0.2, 0.25) is 41.4 Å². The van der Waals surface area contributed by atoms with E-state index in [0.29, 0.717) is 12.8 Å². The third kappa shape index (κ3) is 20.4. The predicted molar refractivity (Wildman–Crippen MR) is 222 cm³/mol. The fourth-order valence-corrected chi connectivity index (χ4v) is 6.38. The Hall–Kier alpha value is -4.97. The number of cyclic esters (lactones) is 1. The topological polar surface area (TPSA) is 368 Å². The number of aliphatic hydroxyl groups is 5. The fourth-order valence-electron chi connectivity index (χ4n) is 6.38. The van der Waals surface area contributed by atoms with E-state index in [-0.39, 0.29) is 6.42 Å². The highest BCUT2D eigenvalue weighted by Crippen LogP contribution is 2.25. The van der Waals surface area contributed by atoms with E-state index in [1.165, 1.54) is 19.8 Å². The highest BCUT2D eigenvalue weighted by atomic mass is 16.6. The minimum atomic E-state index is -1.94. The van der Waals surface area contributed by atoms with Gasteiger partial charge in [0.25, 0.3) is 0 Å². The zero-order valence-corrected chi connectivity index (χ0v) is 36.8. The standard InChI is InChI=1S/C40H69N7O16/c1-6-7-8-9-10-11-12-13-14-15-16-40(5,62)29-18-30(52)43-26(19-48)36(58)42-22(2)33(55)44-25(17-31(53)54)35(57)41-23(3)34(56)45-27(20-49)37(59)46-28(21-50)38(60)47-32(24(4)51)39(61)63-29/h22-29,32,48-51,62H,6-21H2,1-5H3,(H,41,57)(H,42,58)(H,43,52)(H,44,55)(H,45,56)(H,46,59)(H,47,60)(H,53,54). The number of nitrogens with one attached hydrogen (secondary N) is 7. The molecule has 1 rings (SSSR count). The average molecular weight is 904 g/mol. The minimum Gasteiger partial charge on any atom is -0.481 e. The van der Waals surface area contributed by atoms with E-state index in [9.17, 15) is 73.8 Å². The second kappa shape index (κ2) is 28.7. The molecule has 1 fully saturated rings. The van der Waals surface area contributed by atoms with E-state index < -0.39 is 146 Å². The molecule has 63 heavy (non-hydrogen) atoms. The summed E-state index contributed by atoms with van der Waals surface area (Å²) in [5.74, 6) is -11.0. The molecule has 7 amide bonds. The van der Waals surface area contributed by atoms with Gasteiger partial charge in [-0.25, -0.2) is 4.79 Å². The van der Waals surface area contributed by atoms with Crippen molar-refractivity contribution in [2.24, 2.45) is 0 Å². The van der Waals surface area contributed by atoms with Crippen LogP contribution in [-0.4, -0.2) is 164 Å². The number of esters is 1. The van der Waals surface area contributed by atoms with Crippen molar-refractivity contribution >= 4 is 53.3 Å². The Bertz CT molecular complexity index is 1550. The summed E-state index contributed by atoms with van der Waals surface area (Å²) in [6.45, 7) is 3.57. The first kappa shape index (κ1) is 56.0. The molecular formula is C40H69N7O16. The van der Waals surface area contributed by atoms with Crippen molar-refractivity contribution in [3.63, 3.8) is 0 Å². The maximum Gasteiger partial charge on any atom is 0.331 e. The number of carbonyl (C=O) groups is 9. The molecule has 0 radical (unpaired) electrons. The smallest absolute Gasteiger partial charge is 0.331 e. The molecule has 1 aliphatic rings. The van der Waals surface area contributed by atoms with Crippen LogP contribution in [0.25, 0.3) is 0 Å². The van der Waals surface area contributed by atoms with Crippen LogP contribution in [0.1, 0.15) is 118 Å². The van der Waals surface area contributed by atoms with E-state index in [0.717, 1.165) is 59.3 Å². The number of amides is 7. The van der Waals surface area contributed by atoms with Crippen molar-refractivity contribution in [1.29, 1.82) is 0 Å². The largest absolute Gasteiger partial charge is 0.481 e. The van der Waals surface area contributed by atoms with Gasteiger partial charge in [0.15, 0.2) is 6.04 Å². The van der Waals surface area contributed by atoms with Crippen LogP contribution in [0.2, 0.25) is 0 Å². The van der Waals surface area contributed by atoms with Crippen molar-refractivity contribution in [2.75, 3.05) is 19.8 Å². The lowest BCUT2D eigenvalue weighted by atomic mass is 9.89. The summed E-state index contributed by atoms with van der Waals surface area (Å²) < 4.78 is 5.57. The molecular weight excluding hydrogens is 834 g/mol. The molecule has 0 spiro atoms. The quantitative estimate of drug-likeness (QED) is 0.0472. The van der Waals surface area contributed by atoms with Gasteiger partial charge >= 0.3 is 11.9 Å². The lowest BCUT2D eigenvalue weighted by molar-refractivity contribution is -0.172. The van der Waals surface area contributed by atoms with Crippen molar-refractivity contribution < 1.29 is 78.5 Å². The van der Waals surface area contributed by atoms with Crippen LogP contribution in [0.15, 0.2) is 0 Å². The number of aliphatic hydroxyl groups excluding tert-OH is 4. The Balaban J connectivity index is 3.55. The number of carboxylic acids is 1. The van der Waals surface area contributed by atoms with Crippen LogP contribution in [0.3, 0.4) is 0 Å². The molecule has 0 aromatic carbocycles. The van der Waals surface area contributed by atoms with Gasteiger partial charge < -0.3 is 72.6 Å².